The van der Waals surface area contributed by atoms with Gasteiger partial charge in [-0.05, 0) is 18.2 Å². The van der Waals surface area contributed by atoms with Crippen LogP contribution in [-0.2, 0) is 0 Å². The smallest absolute Gasteiger partial charge is 0.253 e. The number of carbonyl (C=O) groups excluding carboxylic acids is 1. The highest BCUT2D eigenvalue weighted by Crippen LogP contribution is 2.16. The average molecular weight is 208 g/mol. The first kappa shape index (κ1) is 11.2. The van der Waals surface area contributed by atoms with E-state index < -0.39 is 5.82 Å². The molecule has 0 aliphatic rings. The summed E-state index contributed by atoms with van der Waals surface area (Å²) >= 11 is 0. The Morgan fingerprint density at radius 1 is 1.60 bits per heavy atom. The summed E-state index contributed by atoms with van der Waals surface area (Å²) in [5.74, 6) is -0.753. The largest absolute Gasteiger partial charge is 0.387 e. The first-order valence-electron chi connectivity index (χ1n) is 4.55. The molecule has 2 N–H and O–H groups in total. The Hall–Kier alpha value is -1.84. The summed E-state index contributed by atoms with van der Waals surface area (Å²) in [6.45, 7) is 3.84. The fourth-order valence-electron chi connectivity index (χ4n) is 1.18. The third-order valence-electron chi connectivity index (χ3n) is 1.90. The fourth-order valence-corrected chi connectivity index (χ4v) is 1.18. The van der Waals surface area contributed by atoms with E-state index in [0.29, 0.717) is 17.8 Å². The zero-order valence-electron chi connectivity index (χ0n) is 8.51. The van der Waals surface area contributed by atoms with Crippen molar-refractivity contribution < 1.29 is 9.18 Å². The van der Waals surface area contributed by atoms with Crippen molar-refractivity contribution in [3.8, 4) is 0 Å². The van der Waals surface area contributed by atoms with Crippen LogP contribution in [0.15, 0.2) is 30.9 Å². The van der Waals surface area contributed by atoms with Gasteiger partial charge in [0.2, 0.25) is 0 Å². The highest BCUT2D eigenvalue weighted by molar-refractivity contribution is 5.99. The highest BCUT2D eigenvalue weighted by atomic mass is 19.1. The van der Waals surface area contributed by atoms with Crippen LogP contribution in [0.3, 0.4) is 0 Å². The zero-order valence-corrected chi connectivity index (χ0v) is 8.51. The van der Waals surface area contributed by atoms with Crippen LogP contribution < -0.4 is 10.6 Å². The van der Waals surface area contributed by atoms with Crippen molar-refractivity contribution >= 4 is 11.6 Å². The molecule has 15 heavy (non-hydrogen) atoms. The maximum Gasteiger partial charge on any atom is 0.253 e. The molecule has 0 radical (unpaired) electrons. The van der Waals surface area contributed by atoms with E-state index in [2.05, 4.69) is 17.2 Å². The van der Waals surface area contributed by atoms with Gasteiger partial charge in [-0.1, -0.05) is 6.08 Å². The maximum absolute atomic E-state index is 12.9. The molecule has 1 aromatic carbocycles. The molecule has 0 bridgehead atoms. The van der Waals surface area contributed by atoms with E-state index in [1.807, 2.05) is 0 Å². The van der Waals surface area contributed by atoms with E-state index >= 15 is 0 Å². The third kappa shape index (κ3) is 2.80. The predicted molar refractivity (Wildman–Crippen MR) is 58.5 cm³/mol. The second-order valence-electron chi connectivity index (χ2n) is 2.94. The predicted octanol–water partition coefficient (Wildman–Crippen LogP) is 1.78. The van der Waals surface area contributed by atoms with Crippen molar-refractivity contribution in [2.45, 2.75) is 0 Å². The van der Waals surface area contributed by atoms with Gasteiger partial charge in [0.25, 0.3) is 5.91 Å². The number of hydrogen-bond donors (Lipinski definition) is 2. The van der Waals surface area contributed by atoms with Crippen molar-refractivity contribution in [3.63, 3.8) is 0 Å². The SMILES string of the molecule is C=CCNC(=O)c1cc(F)ccc1NC. The Kier molecular flexibility index (Phi) is 3.85. The van der Waals surface area contributed by atoms with Crippen molar-refractivity contribution in [1.29, 1.82) is 0 Å². The van der Waals surface area contributed by atoms with Crippen LogP contribution in [0.5, 0.6) is 0 Å². The van der Waals surface area contributed by atoms with Crippen molar-refractivity contribution in [3.05, 3.63) is 42.2 Å². The minimum atomic E-state index is -0.433. The van der Waals surface area contributed by atoms with Gasteiger partial charge in [-0.15, -0.1) is 6.58 Å². The number of nitrogens with one attached hydrogen (secondary N) is 2. The van der Waals surface area contributed by atoms with Crippen LogP contribution in [0, 0.1) is 5.82 Å². The molecule has 0 spiro atoms. The van der Waals surface area contributed by atoms with E-state index in [1.54, 1.807) is 13.1 Å². The van der Waals surface area contributed by atoms with E-state index in [9.17, 15) is 9.18 Å². The minimum absolute atomic E-state index is 0.291. The molecule has 0 unspecified atom stereocenters. The van der Waals surface area contributed by atoms with Crippen molar-refractivity contribution in [2.24, 2.45) is 0 Å². The lowest BCUT2D eigenvalue weighted by atomic mass is 10.1. The molecule has 0 aliphatic heterocycles. The van der Waals surface area contributed by atoms with Gasteiger partial charge in [0.05, 0.1) is 5.56 Å². The number of hydrogen-bond acceptors (Lipinski definition) is 2. The molecule has 4 heteroatoms. The van der Waals surface area contributed by atoms with Crippen LogP contribution in [0.4, 0.5) is 10.1 Å². The van der Waals surface area contributed by atoms with Gasteiger partial charge in [-0.2, -0.15) is 0 Å². The Morgan fingerprint density at radius 3 is 2.93 bits per heavy atom. The Bertz CT molecular complexity index is 377. The molecule has 1 aromatic rings. The quantitative estimate of drug-likeness (QED) is 0.740. The molecule has 0 heterocycles. The topological polar surface area (TPSA) is 41.1 Å². The van der Waals surface area contributed by atoms with Crippen molar-refractivity contribution in [2.75, 3.05) is 18.9 Å². The molecule has 1 rings (SSSR count). The standard InChI is InChI=1S/C11H13FN2O/c1-3-6-14-11(15)9-7-8(12)4-5-10(9)13-2/h3-5,7,13H,1,6H2,2H3,(H,14,15). The van der Waals surface area contributed by atoms with E-state index in [1.165, 1.54) is 18.2 Å². The number of halogens is 1. The van der Waals surface area contributed by atoms with Crippen LogP contribution in [0.25, 0.3) is 0 Å². The summed E-state index contributed by atoms with van der Waals surface area (Å²) < 4.78 is 12.9. The molecule has 0 saturated carbocycles. The molecule has 0 aromatic heterocycles. The van der Waals surface area contributed by atoms with Gasteiger partial charge in [0, 0.05) is 19.3 Å². The fraction of sp³-hybridized carbons (Fsp3) is 0.182. The van der Waals surface area contributed by atoms with Gasteiger partial charge in [-0.25, -0.2) is 4.39 Å². The maximum atomic E-state index is 12.9. The second kappa shape index (κ2) is 5.14. The van der Waals surface area contributed by atoms with Gasteiger partial charge in [0.15, 0.2) is 0 Å². The van der Waals surface area contributed by atoms with Crippen LogP contribution in [-0.4, -0.2) is 19.5 Å². The highest BCUT2D eigenvalue weighted by Gasteiger charge is 2.10. The summed E-state index contributed by atoms with van der Waals surface area (Å²) in [5.41, 5.74) is 0.886. The van der Waals surface area contributed by atoms with Crippen LogP contribution >= 0.6 is 0 Å². The summed E-state index contributed by atoms with van der Waals surface area (Å²) in [6.07, 6.45) is 1.57. The number of rotatable bonds is 4. The first-order chi connectivity index (χ1) is 7.19. The van der Waals surface area contributed by atoms with E-state index in [4.69, 9.17) is 0 Å². The molecule has 80 valence electrons. The Morgan fingerprint density at radius 2 is 2.33 bits per heavy atom. The summed E-state index contributed by atoms with van der Waals surface area (Å²) in [5, 5.41) is 5.41. The minimum Gasteiger partial charge on any atom is -0.387 e. The van der Waals surface area contributed by atoms with Gasteiger partial charge >= 0.3 is 0 Å². The molecular weight excluding hydrogens is 195 g/mol. The van der Waals surface area contributed by atoms with Crippen LogP contribution in [0.2, 0.25) is 0 Å². The number of benzene rings is 1. The molecule has 0 saturated heterocycles. The normalized spacial score (nSPS) is 9.47. The third-order valence-corrected chi connectivity index (χ3v) is 1.90. The molecule has 0 atom stereocenters. The lowest BCUT2D eigenvalue weighted by Crippen LogP contribution is -2.24. The van der Waals surface area contributed by atoms with Crippen LogP contribution in [0.1, 0.15) is 10.4 Å². The number of anilines is 1. The van der Waals surface area contributed by atoms with Gasteiger partial charge in [-0.3, -0.25) is 4.79 Å². The molecule has 3 nitrogen and oxygen atoms in total. The lowest BCUT2D eigenvalue weighted by Gasteiger charge is -2.08. The number of carbonyl (C=O) groups is 1. The van der Waals surface area contributed by atoms with Crippen molar-refractivity contribution in [1.82, 2.24) is 5.32 Å². The van der Waals surface area contributed by atoms with Gasteiger partial charge < -0.3 is 10.6 Å². The average Bonchev–Trinajstić information content (AvgIpc) is 2.25. The summed E-state index contributed by atoms with van der Waals surface area (Å²) in [7, 11) is 1.68. The molecule has 1 amide bonds. The Labute approximate surface area is 88.0 Å². The Balaban J connectivity index is 2.94. The lowest BCUT2D eigenvalue weighted by molar-refractivity contribution is 0.0958. The molecule has 0 aliphatic carbocycles. The second-order valence-corrected chi connectivity index (χ2v) is 2.94. The monoisotopic (exact) mass is 208 g/mol. The molecular formula is C11H13FN2O. The molecule has 0 fully saturated rings. The number of amides is 1. The van der Waals surface area contributed by atoms with Gasteiger partial charge in [0.1, 0.15) is 5.82 Å². The summed E-state index contributed by atoms with van der Waals surface area (Å²) in [4.78, 5) is 11.6. The summed E-state index contributed by atoms with van der Waals surface area (Å²) in [6, 6.07) is 4.03. The first-order valence-corrected chi connectivity index (χ1v) is 4.55. The zero-order chi connectivity index (χ0) is 11.3. The van der Waals surface area contributed by atoms with E-state index in [-0.39, 0.29) is 5.91 Å². The van der Waals surface area contributed by atoms with E-state index in [0.717, 1.165) is 0 Å².